The SMILES string of the molecule is CC(C)CN(CC(C)C)C(=O)C1CC(=O)N(N(C)c2ccccc2)C1. The second kappa shape index (κ2) is 8.37. The van der Waals surface area contributed by atoms with Crippen LogP contribution in [0.1, 0.15) is 34.1 Å². The first-order valence-corrected chi connectivity index (χ1v) is 9.17. The smallest absolute Gasteiger partial charge is 0.241 e. The van der Waals surface area contributed by atoms with Gasteiger partial charge in [0.05, 0.1) is 18.2 Å². The van der Waals surface area contributed by atoms with E-state index in [2.05, 4.69) is 27.7 Å². The van der Waals surface area contributed by atoms with Gasteiger partial charge in [0.25, 0.3) is 0 Å². The summed E-state index contributed by atoms with van der Waals surface area (Å²) in [7, 11) is 1.88. The monoisotopic (exact) mass is 345 g/mol. The third kappa shape index (κ3) is 4.97. The van der Waals surface area contributed by atoms with Gasteiger partial charge in [-0.15, -0.1) is 0 Å². The summed E-state index contributed by atoms with van der Waals surface area (Å²) in [4.78, 5) is 27.4. The average molecular weight is 345 g/mol. The fourth-order valence-corrected chi connectivity index (χ4v) is 3.32. The topological polar surface area (TPSA) is 43.9 Å². The molecule has 2 amide bonds. The first-order valence-electron chi connectivity index (χ1n) is 9.17. The number of para-hydroxylation sites is 1. The molecule has 0 spiro atoms. The summed E-state index contributed by atoms with van der Waals surface area (Å²) in [6.07, 6.45) is 0.294. The second-order valence-electron chi connectivity index (χ2n) is 7.77. The molecule has 25 heavy (non-hydrogen) atoms. The Hall–Kier alpha value is -2.04. The molecule has 1 aliphatic rings. The normalized spacial score (nSPS) is 17.5. The molecule has 1 saturated heterocycles. The molecular formula is C20H31N3O2. The summed E-state index contributed by atoms with van der Waals surface area (Å²) >= 11 is 0. The Kier molecular flexibility index (Phi) is 6.45. The van der Waals surface area contributed by atoms with Gasteiger partial charge in [-0.3, -0.25) is 19.6 Å². The molecule has 1 unspecified atom stereocenters. The molecule has 0 aliphatic carbocycles. The van der Waals surface area contributed by atoms with E-state index < -0.39 is 0 Å². The molecule has 1 aliphatic heterocycles. The van der Waals surface area contributed by atoms with Crippen LogP contribution in [0.2, 0.25) is 0 Å². The lowest BCUT2D eigenvalue weighted by atomic mass is 10.0. The highest BCUT2D eigenvalue weighted by Crippen LogP contribution is 2.25. The zero-order valence-electron chi connectivity index (χ0n) is 16.1. The van der Waals surface area contributed by atoms with E-state index in [1.54, 1.807) is 5.01 Å². The molecule has 1 atom stereocenters. The van der Waals surface area contributed by atoms with Crippen molar-refractivity contribution in [1.29, 1.82) is 0 Å². The van der Waals surface area contributed by atoms with Crippen molar-refractivity contribution in [2.24, 2.45) is 17.8 Å². The van der Waals surface area contributed by atoms with E-state index >= 15 is 0 Å². The van der Waals surface area contributed by atoms with Crippen molar-refractivity contribution in [3.05, 3.63) is 30.3 Å². The molecule has 0 saturated carbocycles. The number of hydrogen-bond acceptors (Lipinski definition) is 3. The molecule has 5 heteroatoms. The Morgan fingerprint density at radius 2 is 1.68 bits per heavy atom. The van der Waals surface area contributed by atoms with Crippen LogP contribution in [0.4, 0.5) is 5.69 Å². The summed E-state index contributed by atoms with van der Waals surface area (Å²) in [6.45, 7) is 10.4. The van der Waals surface area contributed by atoms with Crippen LogP contribution in [-0.4, -0.2) is 48.4 Å². The molecule has 0 N–H and O–H groups in total. The number of hydrazine groups is 1. The Bertz CT molecular complexity index is 576. The van der Waals surface area contributed by atoms with Crippen LogP contribution in [0, 0.1) is 17.8 Å². The minimum Gasteiger partial charge on any atom is -0.342 e. The van der Waals surface area contributed by atoms with Crippen molar-refractivity contribution in [2.45, 2.75) is 34.1 Å². The van der Waals surface area contributed by atoms with E-state index in [1.807, 2.05) is 47.3 Å². The molecule has 1 aromatic carbocycles. The van der Waals surface area contributed by atoms with E-state index in [1.165, 1.54) is 0 Å². The highest BCUT2D eigenvalue weighted by Gasteiger charge is 2.38. The number of carbonyl (C=O) groups excluding carboxylic acids is 2. The van der Waals surface area contributed by atoms with Gasteiger partial charge in [0.15, 0.2) is 0 Å². The number of anilines is 1. The molecule has 0 bridgehead atoms. The molecule has 1 fully saturated rings. The second-order valence-corrected chi connectivity index (χ2v) is 7.77. The fraction of sp³-hybridized carbons (Fsp3) is 0.600. The molecule has 138 valence electrons. The van der Waals surface area contributed by atoms with Gasteiger partial charge >= 0.3 is 0 Å². The minimum absolute atomic E-state index is 0.0127. The van der Waals surface area contributed by atoms with E-state index in [-0.39, 0.29) is 17.7 Å². The Balaban J connectivity index is 2.08. The molecule has 0 aromatic heterocycles. The lowest BCUT2D eigenvalue weighted by Crippen LogP contribution is -2.44. The number of nitrogens with zero attached hydrogens (tertiary/aromatic N) is 3. The fourth-order valence-electron chi connectivity index (χ4n) is 3.32. The van der Waals surface area contributed by atoms with Crippen LogP contribution in [0.15, 0.2) is 30.3 Å². The molecule has 1 heterocycles. The summed E-state index contributed by atoms with van der Waals surface area (Å²) in [5.41, 5.74) is 0.949. The van der Waals surface area contributed by atoms with Crippen molar-refractivity contribution in [3.8, 4) is 0 Å². The third-order valence-electron chi connectivity index (χ3n) is 4.43. The number of hydrogen-bond donors (Lipinski definition) is 0. The van der Waals surface area contributed by atoms with Crippen molar-refractivity contribution >= 4 is 17.5 Å². The lowest BCUT2D eigenvalue weighted by molar-refractivity contribution is -0.136. The predicted octanol–water partition coefficient (Wildman–Crippen LogP) is 3.03. The van der Waals surface area contributed by atoms with Gasteiger partial charge in [-0.2, -0.15) is 0 Å². The standard InChI is InChI=1S/C20H31N3O2/c1-15(2)12-22(13-16(3)4)20(25)17-11-19(24)23(14-17)21(5)18-9-7-6-8-10-18/h6-10,15-17H,11-14H2,1-5H3. The third-order valence-corrected chi connectivity index (χ3v) is 4.43. The maximum atomic E-state index is 13.0. The maximum Gasteiger partial charge on any atom is 0.241 e. The van der Waals surface area contributed by atoms with Crippen molar-refractivity contribution in [1.82, 2.24) is 9.91 Å². The van der Waals surface area contributed by atoms with Gasteiger partial charge in [0.2, 0.25) is 11.8 Å². The van der Waals surface area contributed by atoms with Crippen LogP contribution in [0.5, 0.6) is 0 Å². The summed E-state index contributed by atoms with van der Waals surface area (Å²) in [5, 5.41) is 3.55. The number of carbonyl (C=O) groups is 2. The predicted molar refractivity (Wildman–Crippen MR) is 101 cm³/mol. The summed E-state index contributed by atoms with van der Waals surface area (Å²) in [5.74, 6) is 0.709. The van der Waals surface area contributed by atoms with Crippen LogP contribution in [0.3, 0.4) is 0 Å². The first-order chi connectivity index (χ1) is 11.8. The maximum absolute atomic E-state index is 13.0. The molecule has 2 rings (SSSR count). The van der Waals surface area contributed by atoms with Gasteiger partial charge in [-0.25, -0.2) is 0 Å². The van der Waals surface area contributed by atoms with Gasteiger partial charge in [0.1, 0.15) is 0 Å². The van der Waals surface area contributed by atoms with Crippen molar-refractivity contribution in [2.75, 3.05) is 31.7 Å². The van der Waals surface area contributed by atoms with Gasteiger partial charge in [0, 0.05) is 26.6 Å². The van der Waals surface area contributed by atoms with E-state index in [0.717, 1.165) is 18.8 Å². The Morgan fingerprint density at radius 3 is 2.20 bits per heavy atom. The largest absolute Gasteiger partial charge is 0.342 e. The van der Waals surface area contributed by atoms with Crippen molar-refractivity contribution in [3.63, 3.8) is 0 Å². The summed E-state index contributed by atoms with van der Waals surface area (Å²) in [6, 6.07) is 9.77. The lowest BCUT2D eigenvalue weighted by Gasteiger charge is -2.31. The van der Waals surface area contributed by atoms with E-state index in [4.69, 9.17) is 0 Å². The van der Waals surface area contributed by atoms with Crippen molar-refractivity contribution < 1.29 is 9.59 Å². The Morgan fingerprint density at radius 1 is 1.12 bits per heavy atom. The first kappa shape index (κ1) is 19.3. The highest BCUT2D eigenvalue weighted by molar-refractivity contribution is 5.90. The minimum atomic E-state index is -0.254. The zero-order chi connectivity index (χ0) is 18.6. The van der Waals surface area contributed by atoms with Gasteiger partial charge in [-0.05, 0) is 24.0 Å². The molecule has 1 aromatic rings. The van der Waals surface area contributed by atoms with Gasteiger partial charge < -0.3 is 4.90 Å². The number of benzene rings is 1. The van der Waals surface area contributed by atoms with E-state index in [0.29, 0.717) is 24.8 Å². The number of amides is 2. The molecule has 0 radical (unpaired) electrons. The molecular weight excluding hydrogens is 314 g/mol. The molecule has 5 nitrogen and oxygen atoms in total. The van der Waals surface area contributed by atoms with Crippen LogP contribution in [0.25, 0.3) is 0 Å². The highest BCUT2D eigenvalue weighted by atomic mass is 16.2. The zero-order valence-corrected chi connectivity index (χ0v) is 16.1. The van der Waals surface area contributed by atoms with Gasteiger partial charge in [-0.1, -0.05) is 45.9 Å². The van der Waals surface area contributed by atoms with Crippen LogP contribution in [-0.2, 0) is 9.59 Å². The summed E-state index contributed by atoms with van der Waals surface area (Å²) < 4.78 is 0. The van der Waals surface area contributed by atoms with Crippen LogP contribution < -0.4 is 5.01 Å². The number of rotatable bonds is 7. The Labute approximate surface area is 151 Å². The average Bonchev–Trinajstić information content (AvgIpc) is 2.94. The van der Waals surface area contributed by atoms with E-state index in [9.17, 15) is 9.59 Å². The van der Waals surface area contributed by atoms with Crippen LogP contribution >= 0.6 is 0 Å². The quantitative estimate of drug-likeness (QED) is 0.763.